The van der Waals surface area contributed by atoms with Gasteiger partial charge in [-0.15, -0.1) is 15.3 Å². The van der Waals surface area contributed by atoms with Gasteiger partial charge in [-0.1, -0.05) is 6.07 Å². The van der Waals surface area contributed by atoms with Gasteiger partial charge in [0.25, 0.3) is 40.5 Å². The van der Waals surface area contributed by atoms with Gasteiger partial charge >= 0.3 is 7.60 Å². The quantitative estimate of drug-likeness (QED) is 0.0525. The fraction of sp³-hybridized carbons (Fsp3) is 0. The van der Waals surface area contributed by atoms with Gasteiger partial charge in [0, 0.05) is 0 Å². The number of phenolic OH excluding ortho intramolecular Hbond substituents is 1. The third-order valence-electron chi connectivity index (χ3n) is 6.07. The van der Waals surface area contributed by atoms with Crippen molar-refractivity contribution in [3.8, 4) is 5.75 Å². The van der Waals surface area contributed by atoms with Gasteiger partial charge in [0.15, 0.2) is 5.75 Å². The van der Waals surface area contributed by atoms with Crippen molar-refractivity contribution in [3.63, 3.8) is 0 Å². The van der Waals surface area contributed by atoms with Crippen molar-refractivity contribution in [1.29, 1.82) is 0 Å². The van der Waals surface area contributed by atoms with Crippen LogP contribution >= 0.6 is 7.60 Å². The summed E-state index contributed by atoms with van der Waals surface area (Å²) in [6, 6.07) is 6.72. The van der Waals surface area contributed by atoms with Gasteiger partial charge in [0.1, 0.15) is 31.7 Å². The van der Waals surface area contributed by atoms with Crippen molar-refractivity contribution in [2.24, 2.45) is 20.5 Å². The van der Waals surface area contributed by atoms with Crippen molar-refractivity contribution < 1.29 is 71.3 Å². The largest absolute Gasteiger partial charge is 0.505 e. The predicted octanol–water partition coefficient (Wildman–Crippen LogP) is 2.75. The van der Waals surface area contributed by atoms with E-state index < -0.39 is 112 Å². The lowest BCUT2D eigenvalue weighted by atomic mass is 10.1. The van der Waals surface area contributed by atoms with E-state index in [1.54, 1.807) is 0 Å². The molecule has 21 nitrogen and oxygen atoms in total. The molecule has 9 N–H and O–H groups in total. The Morgan fingerprint density at radius 2 is 1.17 bits per heavy atom. The number of hydrogen-bond acceptors (Lipinski definition) is 15. The van der Waals surface area contributed by atoms with Crippen LogP contribution in [-0.4, -0.2) is 66.8 Å². The van der Waals surface area contributed by atoms with Crippen LogP contribution < -0.4 is 11.0 Å². The molecule has 0 aliphatic rings. The Morgan fingerprint density at radius 3 is 1.69 bits per heavy atom. The molecule has 0 atom stereocenters. The maximum absolute atomic E-state index is 12.3. The molecule has 0 radical (unpaired) electrons. The van der Waals surface area contributed by atoms with Gasteiger partial charge in [-0.05, 0) is 53.9 Å². The highest BCUT2D eigenvalue weighted by Crippen LogP contribution is 2.48. The van der Waals surface area contributed by atoms with E-state index in [-0.39, 0.29) is 5.69 Å². The summed E-state index contributed by atoms with van der Waals surface area (Å²) >= 11 is 0. The molecule has 4 rings (SSSR count). The van der Waals surface area contributed by atoms with Gasteiger partial charge in [-0.3, -0.25) is 22.8 Å². The molecule has 26 heteroatoms. The van der Waals surface area contributed by atoms with E-state index in [0.29, 0.717) is 30.3 Å². The molecule has 0 aromatic heterocycles. The Labute approximate surface area is 269 Å². The van der Waals surface area contributed by atoms with Gasteiger partial charge in [-0.25, -0.2) is 0 Å². The molecule has 0 saturated carbocycles. The molecule has 4 aromatic carbocycles. The molecule has 0 bridgehead atoms. The van der Waals surface area contributed by atoms with Crippen LogP contribution in [0.15, 0.2) is 94.6 Å². The summed E-state index contributed by atoms with van der Waals surface area (Å²) < 4.78 is 146. The number of azo groups is 2. The molecule has 0 heterocycles. The van der Waals surface area contributed by atoms with E-state index in [0.717, 1.165) is 24.3 Å². The Hall–Kier alpha value is -4.27. The normalized spacial score (nSPS) is 13.5. The van der Waals surface area contributed by atoms with Gasteiger partial charge < -0.3 is 20.6 Å². The van der Waals surface area contributed by atoms with Crippen molar-refractivity contribution in [2.45, 2.75) is 19.6 Å². The lowest BCUT2D eigenvalue weighted by Gasteiger charge is -2.14. The zero-order valence-corrected chi connectivity index (χ0v) is 27.1. The number of hydrogen-bond donors (Lipinski definition) is 8. The average molecular weight is 768 g/mol. The highest BCUT2D eigenvalue weighted by atomic mass is 32.2. The summed E-state index contributed by atoms with van der Waals surface area (Å²) in [7, 11) is -25.7. The minimum absolute atomic E-state index is 0.289. The molecular formula is C22H18N5O16PS4. The molecule has 0 unspecified atom stereocenters. The summed E-state index contributed by atoms with van der Waals surface area (Å²) in [6.45, 7) is 0. The number of rotatable bonds is 9. The van der Waals surface area contributed by atoms with Crippen LogP contribution in [0.25, 0.3) is 10.8 Å². The van der Waals surface area contributed by atoms with E-state index in [9.17, 15) is 71.3 Å². The second-order valence-electron chi connectivity index (χ2n) is 9.30. The third-order valence-corrected chi connectivity index (χ3v) is 10.5. The smallest absolute Gasteiger partial charge is 0.356 e. The van der Waals surface area contributed by atoms with E-state index in [1.807, 2.05) is 0 Å². The number of phenols is 1. The Bertz CT molecular complexity index is 2590. The molecule has 0 aliphatic heterocycles. The number of aromatic hydroxyl groups is 1. The maximum atomic E-state index is 12.3. The molecule has 4 aromatic rings. The molecular weight excluding hydrogens is 750 g/mol. The first-order chi connectivity index (χ1) is 21.8. The molecule has 48 heavy (non-hydrogen) atoms. The molecule has 0 aliphatic carbocycles. The topological polar surface area (TPSA) is 371 Å². The van der Waals surface area contributed by atoms with Crippen LogP contribution in [0.2, 0.25) is 0 Å². The Morgan fingerprint density at radius 1 is 0.625 bits per heavy atom. The average Bonchev–Trinajstić information content (AvgIpc) is 2.93. The van der Waals surface area contributed by atoms with Crippen LogP contribution in [0.3, 0.4) is 0 Å². The molecule has 0 spiro atoms. The van der Waals surface area contributed by atoms with Crippen LogP contribution in [0.4, 0.5) is 28.4 Å². The molecule has 0 amide bonds. The predicted molar refractivity (Wildman–Crippen MR) is 162 cm³/mol. The van der Waals surface area contributed by atoms with Gasteiger partial charge in [0.05, 0.1) is 27.0 Å². The van der Waals surface area contributed by atoms with Crippen LogP contribution in [0.1, 0.15) is 0 Å². The SMILES string of the molecule is Nc1c(N=Nc2cc(S(=O)(=O)O)ccc2S(=O)(=O)O)c(S(=O)(=O)O)cc2cc(S(=O)(=O)O)c(N=Nc3cccc(P(=O)(O)O)c3)c(O)c12. The maximum Gasteiger partial charge on any atom is 0.356 e. The van der Waals surface area contributed by atoms with Crippen molar-refractivity contribution in [2.75, 3.05) is 5.73 Å². The summed E-state index contributed by atoms with van der Waals surface area (Å²) in [5, 5.41) is 23.3. The second kappa shape index (κ2) is 12.3. The highest BCUT2D eigenvalue weighted by molar-refractivity contribution is 7.86. The van der Waals surface area contributed by atoms with E-state index in [1.165, 1.54) is 0 Å². The van der Waals surface area contributed by atoms with Crippen LogP contribution in [0, 0.1) is 0 Å². The first-order valence-electron chi connectivity index (χ1n) is 12.0. The van der Waals surface area contributed by atoms with E-state index in [4.69, 9.17) is 5.73 Å². The fourth-order valence-corrected chi connectivity index (χ4v) is 7.02. The summed E-state index contributed by atoms with van der Waals surface area (Å²) in [5.41, 5.74) is 1.70. The molecule has 0 fully saturated rings. The lowest BCUT2D eigenvalue weighted by Crippen LogP contribution is -2.04. The summed E-state index contributed by atoms with van der Waals surface area (Å²) in [4.78, 5) is 14.3. The lowest BCUT2D eigenvalue weighted by molar-refractivity contribution is 0.387. The Balaban J connectivity index is 2.06. The van der Waals surface area contributed by atoms with E-state index >= 15 is 0 Å². The van der Waals surface area contributed by atoms with Crippen molar-refractivity contribution in [1.82, 2.24) is 0 Å². The number of nitrogens with zero attached hydrogens (tertiary/aromatic N) is 4. The first kappa shape index (κ1) is 36.6. The summed E-state index contributed by atoms with van der Waals surface area (Å²) in [5.74, 6) is -1.22. The van der Waals surface area contributed by atoms with Gasteiger partial charge in [0.2, 0.25) is 0 Å². The van der Waals surface area contributed by atoms with Crippen LogP contribution in [-0.2, 0) is 45.0 Å². The number of benzene rings is 4. The zero-order valence-electron chi connectivity index (χ0n) is 22.9. The fourth-order valence-electron chi connectivity index (χ4n) is 4.01. The number of nitrogens with two attached hydrogens (primary N) is 1. The minimum Gasteiger partial charge on any atom is -0.505 e. The van der Waals surface area contributed by atoms with Gasteiger partial charge in [-0.2, -0.15) is 38.8 Å². The Kier molecular flexibility index (Phi) is 9.38. The zero-order chi connectivity index (χ0) is 36.2. The van der Waals surface area contributed by atoms with E-state index in [2.05, 4.69) is 20.5 Å². The van der Waals surface area contributed by atoms with Crippen molar-refractivity contribution in [3.05, 3.63) is 54.6 Å². The minimum atomic E-state index is -5.39. The molecule has 256 valence electrons. The highest BCUT2D eigenvalue weighted by Gasteiger charge is 2.28. The second-order valence-corrected chi connectivity index (χ2v) is 16.5. The monoisotopic (exact) mass is 767 g/mol. The third kappa shape index (κ3) is 7.71. The number of anilines is 1. The van der Waals surface area contributed by atoms with Crippen molar-refractivity contribution >= 4 is 92.6 Å². The van der Waals surface area contributed by atoms with Crippen LogP contribution in [0.5, 0.6) is 5.75 Å². The standard InChI is InChI=1S/C22H18N5O16PS4/c23-19-18-10(7-17(48(41,42)43)21(22(18)28)27-24-11-2-1-3-12(8-11)44(29,30)31)6-16(47(38,39)40)20(19)26-25-14-9-13(45(32,33)34)4-5-15(14)46(35,36)37/h1-9,28H,23H2,(H2,29,30,31)(H,32,33,34)(H,35,36,37)(H,38,39,40)(H,41,42,43). The number of fused-ring (bicyclic) bond motifs is 1. The summed E-state index contributed by atoms with van der Waals surface area (Å²) in [6.07, 6.45) is 0. The molecule has 0 saturated heterocycles. The number of nitrogen functional groups attached to an aromatic ring is 1. The first-order valence-corrected chi connectivity index (χ1v) is 19.3.